The van der Waals surface area contributed by atoms with Crippen molar-refractivity contribution < 1.29 is 4.79 Å². The number of carbonyl (C=O) groups excluding carboxylic acids is 1. The van der Waals surface area contributed by atoms with Crippen molar-refractivity contribution in [1.29, 1.82) is 0 Å². The van der Waals surface area contributed by atoms with Crippen LogP contribution in [0.25, 0.3) is 0 Å². The average molecular weight is 289 g/mol. The summed E-state index contributed by atoms with van der Waals surface area (Å²) in [4.78, 5) is 37.0. The van der Waals surface area contributed by atoms with Crippen LogP contribution in [0.3, 0.4) is 0 Å². The van der Waals surface area contributed by atoms with Gasteiger partial charge in [0.2, 0.25) is 0 Å². The van der Waals surface area contributed by atoms with E-state index in [-0.39, 0.29) is 24.0 Å². The van der Waals surface area contributed by atoms with Gasteiger partial charge in [0.1, 0.15) is 5.56 Å². The van der Waals surface area contributed by atoms with E-state index in [1.165, 1.54) is 7.05 Å². The molecule has 0 saturated carbocycles. The minimum absolute atomic E-state index is 0. The summed E-state index contributed by atoms with van der Waals surface area (Å²) in [7, 11) is 1.33. The topological polar surface area (TPSA) is 96.0 Å². The van der Waals surface area contributed by atoms with Crippen LogP contribution in [0.15, 0.2) is 15.8 Å². The second kappa shape index (κ2) is 6.53. The Balaban J connectivity index is 0.00000180. The van der Waals surface area contributed by atoms with Crippen LogP contribution < -0.4 is 21.9 Å². The highest BCUT2D eigenvalue weighted by Gasteiger charge is 2.17. The Morgan fingerprint density at radius 2 is 2.26 bits per heavy atom. The van der Waals surface area contributed by atoms with E-state index >= 15 is 0 Å². The second-order valence-electron chi connectivity index (χ2n) is 4.37. The number of aromatic amines is 1. The smallest absolute Gasteiger partial charge is 0.328 e. The molecule has 0 aromatic carbocycles. The fourth-order valence-electron chi connectivity index (χ4n) is 1.97. The number of amides is 1. The van der Waals surface area contributed by atoms with Crippen LogP contribution in [0.4, 0.5) is 0 Å². The first-order valence-electron chi connectivity index (χ1n) is 5.90. The van der Waals surface area contributed by atoms with Gasteiger partial charge in [-0.15, -0.1) is 12.4 Å². The number of aromatic nitrogens is 2. The molecule has 0 bridgehead atoms. The minimum atomic E-state index is -0.587. The number of hydrogen-bond acceptors (Lipinski definition) is 4. The molecule has 1 aromatic heterocycles. The lowest BCUT2D eigenvalue weighted by molar-refractivity contribution is 0.0947. The van der Waals surface area contributed by atoms with E-state index in [0.717, 1.165) is 30.2 Å². The first-order valence-corrected chi connectivity index (χ1v) is 5.90. The molecule has 0 spiro atoms. The monoisotopic (exact) mass is 288 g/mol. The van der Waals surface area contributed by atoms with Gasteiger partial charge in [-0.25, -0.2) is 4.79 Å². The molecule has 1 aliphatic rings. The van der Waals surface area contributed by atoms with E-state index in [1.807, 2.05) is 0 Å². The highest BCUT2D eigenvalue weighted by Crippen LogP contribution is 2.03. The average Bonchev–Trinajstić information content (AvgIpc) is 2.86. The van der Waals surface area contributed by atoms with Gasteiger partial charge in [-0.2, -0.15) is 0 Å². The summed E-state index contributed by atoms with van der Waals surface area (Å²) in [6.45, 7) is 1.45. The molecule has 1 unspecified atom stereocenters. The summed E-state index contributed by atoms with van der Waals surface area (Å²) in [5.74, 6) is -0.458. The maximum Gasteiger partial charge on any atom is 0.328 e. The van der Waals surface area contributed by atoms with Crippen LogP contribution in [0.2, 0.25) is 0 Å². The molecule has 2 rings (SSSR count). The van der Waals surface area contributed by atoms with Crippen LogP contribution in [-0.2, 0) is 7.05 Å². The third kappa shape index (κ3) is 3.45. The molecule has 8 heteroatoms. The van der Waals surface area contributed by atoms with Crippen molar-refractivity contribution in [3.63, 3.8) is 0 Å². The van der Waals surface area contributed by atoms with Crippen molar-refractivity contribution in [2.75, 3.05) is 13.1 Å². The largest absolute Gasteiger partial charge is 0.350 e. The van der Waals surface area contributed by atoms with Gasteiger partial charge >= 0.3 is 5.69 Å². The summed E-state index contributed by atoms with van der Waals surface area (Å²) in [5.41, 5.74) is -1.17. The van der Waals surface area contributed by atoms with Crippen molar-refractivity contribution in [3.8, 4) is 0 Å². The molecule has 1 atom stereocenters. The molecule has 1 aromatic rings. The quantitative estimate of drug-likeness (QED) is 0.663. The van der Waals surface area contributed by atoms with Crippen molar-refractivity contribution in [3.05, 3.63) is 32.6 Å². The number of rotatable bonds is 3. The number of nitrogens with zero attached hydrogens (tertiary/aromatic N) is 1. The molecule has 3 N–H and O–H groups in total. The summed E-state index contributed by atoms with van der Waals surface area (Å²) in [5, 5.41) is 5.93. The van der Waals surface area contributed by atoms with Crippen molar-refractivity contribution in [1.82, 2.24) is 20.2 Å². The number of carbonyl (C=O) groups is 1. The van der Waals surface area contributed by atoms with E-state index in [4.69, 9.17) is 0 Å². The maximum atomic E-state index is 11.8. The fraction of sp³-hybridized carbons (Fsp3) is 0.545. The lowest BCUT2D eigenvalue weighted by Crippen LogP contribution is -2.42. The molecule has 1 fully saturated rings. The Kier molecular flexibility index (Phi) is 5.31. The van der Waals surface area contributed by atoms with Gasteiger partial charge < -0.3 is 15.6 Å². The molecule has 0 radical (unpaired) electrons. The number of H-pyrrole nitrogens is 1. The van der Waals surface area contributed by atoms with Gasteiger partial charge in [0.05, 0.1) is 0 Å². The lowest BCUT2D eigenvalue weighted by atomic mass is 10.2. The van der Waals surface area contributed by atoms with Gasteiger partial charge in [-0.3, -0.25) is 14.2 Å². The first-order chi connectivity index (χ1) is 8.59. The molecular weight excluding hydrogens is 272 g/mol. The zero-order chi connectivity index (χ0) is 13.1. The van der Waals surface area contributed by atoms with Gasteiger partial charge in [-0.05, 0) is 19.4 Å². The van der Waals surface area contributed by atoms with Crippen molar-refractivity contribution in [2.24, 2.45) is 7.05 Å². The molecule has 1 aliphatic heterocycles. The van der Waals surface area contributed by atoms with Crippen molar-refractivity contribution >= 4 is 18.3 Å². The Labute approximate surface area is 115 Å². The van der Waals surface area contributed by atoms with Crippen LogP contribution in [0.5, 0.6) is 0 Å². The van der Waals surface area contributed by atoms with Crippen LogP contribution in [-0.4, -0.2) is 34.6 Å². The molecule has 2 heterocycles. The molecule has 7 nitrogen and oxygen atoms in total. The summed E-state index contributed by atoms with van der Waals surface area (Å²) in [6, 6.07) is 0.264. The van der Waals surface area contributed by atoms with E-state index in [9.17, 15) is 14.4 Å². The molecule has 19 heavy (non-hydrogen) atoms. The zero-order valence-corrected chi connectivity index (χ0v) is 11.4. The first kappa shape index (κ1) is 15.5. The Morgan fingerprint density at radius 3 is 2.89 bits per heavy atom. The predicted molar refractivity (Wildman–Crippen MR) is 72.9 cm³/mol. The van der Waals surface area contributed by atoms with E-state index in [1.54, 1.807) is 0 Å². The molecule has 106 valence electrons. The van der Waals surface area contributed by atoms with Gasteiger partial charge in [0.25, 0.3) is 11.5 Å². The predicted octanol–water partition coefficient (Wildman–Crippen LogP) is -1.02. The third-order valence-electron chi connectivity index (χ3n) is 3.10. The maximum absolute atomic E-state index is 11.8. The van der Waals surface area contributed by atoms with Gasteiger partial charge in [0.15, 0.2) is 0 Å². The number of hydrogen-bond donors (Lipinski definition) is 3. The van der Waals surface area contributed by atoms with Crippen LogP contribution >= 0.6 is 12.4 Å². The van der Waals surface area contributed by atoms with E-state index in [0.29, 0.717) is 6.54 Å². The summed E-state index contributed by atoms with van der Waals surface area (Å²) >= 11 is 0. The van der Waals surface area contributed by atoms with Gasteiger partial charge in [-0.1, -0.05) is 0 Å². The highest BCUT2D eigenvalue weighted by atomic mass is 35.5. The molecule has 1 saturated heterocycles. The molecule has 0 aliphatic carbocycles. The normalized spacial score (nSPS) is 17.8. The third-order valence-corrected chi connectivity index (χ3v) is 3.10. The number of halogens is 1. The van der Waals surface area contributed by atoms with Crippen LogP contribution in [0, 0.1) is 0 Å². The van der Waals surface area contributed by atoms with Crippen molar-refractivity contribution in [2.45, 2.75) is 18.9 Å². The Hall–Kier alpha value is -1.60. The Bertz CT molecular complexity index is 560. The zero-order valence-electron chi connectivity index (χ0n) is 10.6. The van der Waals surface area contributed by atoms with E-state index < -0.39 is 17.2 Å². The summed E-state index contributed by atoms with van der Waals surface area (Å²) in [6.07, 6.45) is 3.27. The molecule has 1 amide bonds. The number of nitrogens with one attached hydrogen (secondary N) is 3. The lowest BCUT2D eigenvalue weighted by Gasteiger charge is -2.11. The standard InChI is InChI=1S/C11H16N4O3.ClH/c1-15-10(17)8(6-14-11(15)18)9(16)13-5-7-3-2-4-12-7;/h6-7,12H,2-5H2,1H3,(H,13,16)(H,14,18);1H. The highest BCUT2D eigenvalue weighted by molar-refractivity contribution is 5.93. The van der Waals surface area contributed by atoms with Crippen LogP contribution in [0.1, 0.15) is 23.2 Å². The van der Waals surface area contributed by atoms with E-state index in [2.05, 4.69) is 15.6 Å². The summed E-state index contributed by atoms with van der Waals surface area (Å²) < 4.78 is 0.878. The minimum Gasteiger partial charge on any atom is -0.350 e. The SMILES string of the molecule is Cl.Cn1c(=O)[nH]cc(C(=O)NCC2CCCN2)c1=O. The fourth-order valence-corrected chi connectivity index (χ4v) is 1.97. The van der Waals surface area contributed by atoms with Gasteiger partial charge in [0, 0.05) is 25.8 Å². The molecular formula is C11H17ClN4O3. The Morgan fingerprint density at radius 1 is 1.53 bits per heavy atom. The second-order valence-corrected chi connectivity index (χ2v) is 4.37.